The Kier molecular flexibility index (Phi) is 38.0. The number of hydrogen-bond donors (Lipinski definition) is 1. The summed E-state index contributed by atoms with van der Waals surface area (Å²) in [6.07, 6.45) is 10.3. The van der Waals surface area contributed by atoms with Crippen molar-refractivity contribution in [2.75, 3.05) is 0 Å². The molecule has 0 saturated carbocycles. The third kappa shape index (κ3) is 28.0. The molecule has 0 saturated heterocycles. The van der Waals surface area contributed by atoms with Crippen LogP contribution in [0.25, 0.3) is 97.2 Å². The fourth-order valence-electron chi connectivity index (χ4n) is 8.97. The van der Waals surface area contributed by atoms with Crippen molar-refractivity contribution in [3.05, 3.63) is 370 Å². The molecule has 0 aliphatic carbocycles. The molecule has 0 amide bonds. The second kappa shape index (κ2) is 46.6. The number of aromatic carboxylic acids is 1. The molecule has 104 heavy (non-hydrogen) atoms. The number of ketones is 2. The molecular formula is C85H61F2Ir4N7O4S2-6. The van der Waals surface area contributed by atoms with E-state index in [1.54, 1.807) is 77.8 Å². The van der Waals surface area contributed by atoms with Gasteiger partial charge in [-0.15, -0.1) is 167 Å². The molecule has 0 bridgehead atoms. The number of carboxylic acids is 1. The minimum Gasteiger partial charge on any atom is -0.477 e. The summed E-state index contributed by atoms with van der Waals surface area (Å²) < 4.78 is 28.3. The summed E-state index contributed by atoms with van der Waals surface area (Å²) in [7, 11) is 0. The molecule has 16 aromatic rings. The minimum atomic E-state index is -0.990. The number of Topliss-reactive ketones (excluding diaryl/α,β-unsaturated/α-hetero) is 2. The number of thiophene rings is 2. The molecule has 0 aliphatic rings. The van der Waals surface area contributed by atoms with Gasteiger partial charge in [0, 0.05) is 141 Å². The average Bonchev–Trinajstić information content (AvgIpc) is 1.65. The van der Waals surface area contributed by atoms with Crippen LogP contribution in [0.2, 0.25) is 0 Å². The first kappa shape index (κ1) is 84.7. The Balaban J connectivity index is 0.000000215. The van der Waals surface area contributed by atoms with Crippen molar-refractivity contribution in [2.24, 2.45) is 0 Å². The molecule has 0 atom stereocenters. The van der Waals surface area contributed by atoms with Gasteiger partial charge in [0.15, 0.2) is 0 Å². The number of pyridine rings is 7. The Labute approximate surface area is 665 Å². The SMILES string of the molecule is CC(=O)CC(C)=O.Fc1c[c-]c(-c2ccccn2)c(F)c1.O=C(O)c1ccccn1.[Ir].[Ir].[Ir].[Ir].[c-]1c(-c2ccc3ccccc3n2)sc2ccccc12.[c-]1c(-c2ccccn2)sc2ccccc12.[c-]1ccccc1-c1ccccn1.[c-]1ccccc1-c1ccccn1.[c-]1ccccc1-c1ccccn1. The second-order valence-corrected chi connectivity index (χ2v) is 23.1. The van der Waals surface area contributed by atoms with E-state index in [1.807, 2.05) is 182 Å². The van der Waals surface area contributed by atoms with Gasteiger partial charge in [0.1, 0.15) is 17.3 Å². The van der Waals surface area contributed by atoms with Crippen molar-refractivity contribution in [1.29, 1.82) is 0 Å². The number of rotatable bonds is 9. The molecule has 9 heterocycles. The van der Waals surface area contributed by atoms with E-state index in [0.29, 0.717) is 5.69 Å². The topological polar surface area (TPSA) is 162 Å². The maximum Gasteiger partial charge on any atom is 0.354 e. The van der Waals surface area contributed by atoms with Crippen molar-refractivity contribution in [2.45, 2.75) is 20.3 Å². The summed E-state index contributed by atoms with van der Waals surface area (Å²) in [5.74, 6) is -2.40. The maximum absolute atomic E-state index is 13.2. The van der Waals surface area contributed by atoms with Crippen LogP contribution in [0.15, 0.2) is 316 Å². The molecule has 4 radical (unpaired) electrons. The third-order valence-corrected chi connectivity index (χ3v) is 15.7. The number of halogens is 2. The van der Waals surface area contributed by atoms with Crippen LogP contribution in [0, 0.1) is 48.0 Å². The number of nitrogens with zero attached hydrogens (tertiary/aromatic N) is 7. The average molecular weight is 2120 g/mol. The van der Waals surface area contributed by atoms with Gasteiger partial charge in [-0.1, -0.05) is 133 Å². The number of carbonyl (C=O) groups is 3. The predicted molar refractivity (Wildman–Crippen MR) is 396 cm³/mol. The first-order chi connectivity index (χ1) is 48.9. The molecule has 16 rings (SSSR count). The molecule has 1 N–H and O–H groups in total. The van der Waals surface area contributed by atoms with Crippen LogP contribution in [-0.4, -0.2) is 57.5 Å². The Morgan fingerprint density at radius 3 is 1.14 bits per heavy atom. The Bertz CT molecular complexity index is 4750. The summed E-state index contributed by atoms with van der Waals surface area (Å²) in [6.45, 7) is 2.81. The van der Waals surface area contributed by atoms with Gasteiger partial charge in [0.25, 0.3) is 0 Å². The van der Waals surface area contributed by atoms with Crippen LogP contribution in [0.3, 0.4) is 0 Å². The van der Waals surface area contributed by atoms with Crippen LogP contribution in [0.4, 0.5) is 8.78 Å². The fraction of sp³-hybridized carbons (Fsp3) is 0.0353. The Morgan fingerprint density at radius 1 is 0.394 bits per heavy atom. The second-order valence-electron chi connectivity index (χ2n) is 21.0. The van der Waals surface area contributed by atoms with Gasteiger partial charge < -0.3 is 30.0 Å². The molecular weight excluding hydrogens is 2050 g/mol. The zero-order valence-corrected chi connectivity index (χ0v) is 66.7. The molecule has 7 aromatic carbocycles. The van der Waals surface area contributed by atoms with E-state index in [-0.39, 0.29) is 110 Å². The number of hydrogen-bond acceptors (Lipinski definition) is 12. The largest absolute Gasteiger partial charge is 0.477 e. The zero-order valence-electron chi connectivity index (χ0n) is 55.4. The molecule has 0 aliphatic heterocycles. The number of fused-ring (bicyclic) bond motifs is 3. The zero-order chi connectivity index (χ0) is 69.9. The van der Waals surface area contributed by atoms with Crippen molar-refractivity contribution in [1.82, 2.24) is 34.9 Å². The monoisotopic (exact) mass is 2120 g/mol. The Hall–Kier alpha value is -9.96. The van der Waals surface area contributed by atoms with E-state index in [4.69, 9.17) is 10.1 Å². The third-order valence-electron chi connectivity index (χ3n) is 13.5. The number of para-hydroxylation sites is 1. The van der Waals surface area contributed by atoms with E-state index in [9.17, 15) is 23.2 Å². The molecule has 0 fully saturated rings. The van der Waals surface area contributed by atoms with Crippen molar-refractivity contribution in [3.8, 4) is 66.2 Å². The van der Waals surface area contributed by atoms with Crippen molar-refractivity contribution < 1.29 is 109 Å². The van der Waals surface area contributed by atoms with Crippen LogP contribution < -0.4 is 0 Å². The first-order valence-corrected chi connectivity index (χ1v) is 32.7. The van der Waals surface area contributed by atoms with E-state index < -0.39 is 17.6 Å². The quantitative estimate of drug-likeness (QED) is 0.108. The number of carboxylic acid groups (broad SMARTS) is 1. The fourth-order valence-corrected chi connectivity index (χ4v) is 10.9. The van der Waals surface area contributed by atoms with Gasteiger partial charge >= 0.3 is 5.97 Å². The normalized spacial score (nSPS) is 9.62. The number of benzene rings is 7. The van der Waals surface area contributed by atoms with Crippen molar-refractivity contribution in [3.63, 3.8) is 0 Å². The minimum absolute atomic E-state index is 0. The molecule has 9 aromatic heterocycles. The van der Waals surface area contributed by atoms with E-state index in [1.165, 1.54) is 46.3 Å². The van der Waals surface area contributed by atoms with Gasteiger partial charge in [-0.25, -0.2) is 32.5 Å². The molecule has 0 spiro atoms. The summed E-state index contributed by atoms with van der Waals surface area (Å²) in [5.41, 5.74) is 9.78. The van der Waals surface area contributed by atoms with Gasteiger partial charge in [0.05, 0.1) is 11.9 Å². The van der Waals surface area contributed by atoms with Crippen LogP contribution in [0.5, 0.6) is 0 Å². The van der Waals surface area contributed by atoms with E-state index >= 15 is 0 Å². The van der Waals surface area contributed by atoms with Gasteiger partial charge in [0.2, 0.25) is 0 Å². The molecule has 11 nitrogen and oxygen atoms in total. The van der Waals surface area contributed by atoms with E-state index in [2.05, 4.69) is 121 Å². The van der Waals surface area contributed by atoms with E-state index in [0.717, 1.165) is 77.9 Å². The van der Waals surface area contributed by atoms with Crippen LogP contribution >= 0.6 is 22.7 Å². The predicted octanol–water partition coefficient (Wildman–Crippen LogP) is 20.5. The Morgan fingerprint density at radius 2 is 0.779 bits per heavy atom. The smallest absolute Gasteiger partial charge is 0.354 e. The van der Waals surface area contributed by atoms with Gasteiger partial charge in [-0.2, -0.15) is 0 Å². The summed E-state index contributed by atoms with van der Waals surface area (Å²) in [6, 6.07) is 106. The number of carbonyl (C=O) groups excluding carboxylic acids is 2. The molecule has 0 unspecified atom stereocenters. The van der Waals surface area contributed by atoms with Crippen LogP contribution in [-0.2, 0) is 90.0 Å². The van der Waals surface area contributed by atoms with Crippen LogP contribution in [0.1, 0.15) is 30.8 Å². The van der Waals surface area contributed by atoms with Gasteiger partial charge in [-0.3, -0.25) is 23.4 Å². The maximum atomic E-state index is 13.2. The molecule has 19 heteroatoms. The summed E-state index contributed by atoms with van der Waals surface area (Å²) in [5, 5.41) is 11.8. The van der Waals surface area contributed by atoms with Gasteiger partial charge in [-0.05, 0) is 110 Å². The summed E-state index contributed by atoms with van der Waals surface area (Å²) >= 11 is 3.47. The van der Waals surface area contributed by atoms with Crippen molar-refractivity contribution >= 4 is 71.3 Å². The standard InChI is InChI=1S/C17H10NS.C13H8NS.C11H6F2N.3C11H8N.C6H5NO2.C5H8O2.4Ir/c1-3-7-14-12(5-1)9-10-15(18-14)17-11-13-6-2-4-8-16(13)19-17;1-2-7-12-10(5-1)9-13(15-12)11-6-3-4-8-14-11;12-8-4-5-9(10(13)7-8)11-3-1-2-6-14-11;3*1-2-6-10(7-3-1)11-8-4-5-9-12-11;8-6(9)5-3-1-2-4-7-5;1-4(6)3-5(2)7;;;;/h1-10H;1-8H;1-4,6-7H;3*1-6,8-9H;1-4H,(H,8,9);3H2,1-2H3;;;;/q6*-1;;;;;;. The first-order valence-electron chi connectivity index (χ1n) is 31.1. The summed E-state index contributed by atoms with van der Waals surface area (Å²) in [4.78, 5) is 61.6. The number of aromatic nitrogens is 7. The molecule has 528 valence electrons.